The van der Waals surface area contributed by atoms with E-state index in [0.29, 0.717) is 30.5 Å². The monoisotopic (exact) mass is 504 g/mol. The largest absolute Gasteiger partial charge is 0.355 e. The Morgan fingerprint density at radius 3 is 2.39 bits per heavy atom. The molecule has 0 spiro atoms. The van der Waals surface area contributed by atoms with Crippen molar-refractivity contribution in [2.24, 2.45) is 11.8 Å². The number of amides is 2. The zero-order chi connectivity index (χ0) is 25.6. The minimum Gasteiger partial charge on any atom is -0.355 e. The van der Waals surface area contributed by atoms with Crippen LogP contribution >= 0.6 is 0 Å². The van der Waals surface area contributed by atoms with Gasteiger partial charge in [0.2, 0.25) is 5.91 Å². The molecule has 3 aliphatic rings. The first kappa shape index (κ1) is 24.8. The molecule has 1 aromatic heterocycles. The van der Waals surface area contributed by atoms with Crippen LogP contribution in [0.15, 0.2) is 22.7 Å². The van der Waals surface area contributed by atoms with E-state index in [1.54, 1.807) is 0 Å². The molecule has 36 heavy (non-hydrogen) atoms. The average Bonchev–Trinajstić information content (AvgIpc) is 3.48. The summed E-state index contributed by atoms with van der Waals surface area (Å²) in [7, 11) is 0. The summed E-state index contributed by atoms with van der Waals surface area (Å²) in [6, 6.07) is 2.24. The van der Waals surface area contributed by atoms with Gasteiger partial charge in [-0.1, -0.05) is 11.6 Å². The summed E-state index contributed by atoms with van der Waals surface area (Å²) in [4.78, 5) is 28.8. The molecule has 2 aromatic rings. The van der Waals surface area contributed by atoms with Crippen molar-refractivity contribution in [2.75, 3.05) is 6.54 Å². The number of hydrogen-bond donors (Lipinski definition) is 2. The number of benzene rings is 1. The summed E-state index contributed by atoms with van der Waals surface area (Å²) >= 11 is 0. The molecule has 0 radical (unpaired) electrons. The molecule has 2 aliphatic carbocycles. The fourth-order valence-corrected chi connectivity index (χ4v) is 5.60. The summed E-state index contributed by atoms with van der Waals surface area (Å²) in [6.07, 6.45) is 6.23. The van der Waals surface area contributed by atoms with Gasteiger partial charge in [-0.25, -0.2) is 13.2 Å². The van der Waals surface area contributed by atoms with Gasteiger partial charge in [0.25, 0.3) is 5.91 Å². The molecule has 2 N–H and O–H groups in total. The van der Waals surface area contributed by atoms with Gasteiger partial charge in [0.05, 0.1) is 11.5 Å². The van der Waals surface area contributed by atoms with Crippen LogP contribution in [0.25, 0.3) is 11.3 Å². The Balaban J connectivity index is 1.32. The molecule has 5 rings (SSSR count). The molecule has 10 heteroatoms. The highest BCUT2D eigenvalue weighted by molar-refractivity contribution is 5.94. The highest BCUT2D eigenvalue weighted by Gasteiger charge is 2.46. The van der Waals surface area contributed by atoms with Gasteiger partial charge in [-0.2, -0.15) is 0 Å². The molecule has 4 atom stereocenters. The van der Waals surface area contributed by atoms with Crippen LogP contribution in [-0.2, 0) is 4.79 Å². The highest BCUT2D eigenvalue weighted by atomic mass is 19.1. The standard InChI is InChI=1S/C26H31F3N4O3/c1-13(15-4-3-5-15)30-26(35)23-14(2)33(17-6-7-17)9-8-20(23)31-25(34)21-12-22(36-32-21)24-18(28)10-16(27)11-19(24)29/h10-15,17,20,23H,3-9H2,1-2H3,(H,30,35)(H,31,34)/t13-,14?,20+,23-/m1/s1. The van der Waals surface area contributed by atoms with Crippen molar-refractivity contribution >= 4 is 11.8 Å². The Labute approximate surface area is 207 Å². The first-order valence-corrected chi connectivity index (χ1v) is 12.7. The fourth-order valence-electron chi connectivity index (χ4n) is 5.60. The summed E-state index contributed by atoms with van der Waals surface area (Å²) in [5, 5.41) is 9.77. The van der Waals surface area contributed by atoms with E-state index in [1.807, 2.05) is 13.8 Å². The average molecular weight is 505 g/mol. The lowest BCUT2D eigenvalue weighted by Crippen LogP contribution is -2.61. The Hall–Kier alpha value is -2.88. The third-order valence-corrected chi connectivity index (χ3v) is 8.03. The predicted molar refractivity (Wildman–Crippen MR) is 125 cm³/mol. The van der Waals surface area contributed by atoms with Gasteiger partial charge < -0.3 is 15.2 Å². The second-order valence-corrected chi connectivity index (χ2v) is 10.4. The van der Waals surface area contributed by atoms with E-state index in [-0.39, 0.29) is 29.4 Å². The summed E-state index contributed by atoms with van der Waals surface area (Å²) in [6.45, 7) is 4.82. The number of likely N-dealkylation sites (tertiary alicyclic amines) is 1. The van der Waals surface area contributed by atoms with Gasteiger partial charge in [-0.05, 0) is 51.9 Å². The first-order valence-electron chi connectivity index (χ1n) is 12.7. The van der Waals surface area contributed by atoms with E-state index >= 15 is 0 Å². The molecule has 2 heterocycles. The van der Waals surface area contributed by atoms with Gasteiger partial charge in [0, 0.05) is 48.9 Å². The molecular weight excluding hydrogens is 473 g/mol. The molecule has 194 valence electrons. The van der Waals surface area contributed by atoms with E-state index in [4.69, 9.17) is 4.52 Å². The maximum absolute atomic E-state index is 14.1. The van der Waals surface area contributed by atoms with Crippen molar-refractivity contribution in [3.8, 4) is 11.3 Å². The van der Waals surface area contributed by atoms with Crippen LogP contribution in [0.2, 0.25) is 0 Å². The van der Waals surface area contributed by atoms with Crippen molar-refractivity contribution < 1.29 is 27.3 Å². The molecule has 1 saturated heterocycles. The zero-order valence-electron chi connectivity index (χ0n) is 20.4. The molecular formula is C26H31F3N4O3. The topological polar surface area (TPSA) is 87.5 Å². The Morgan fingerprint density at radius 1 is 1.08 bits per heavy atom. The SMILES string of the molecule is CC1[C@@H](C(=O)N[C@H](C)C2CCC2)[C@@H](NC(=O)c2cc(-c3c(F)cc(F)cc3F)on2)CCN1C1CC1. The number of rotatable bonds is 7. The van der Waals surface area contributed by atoms with E-state index in [0.717, 1.165) is 38.3 Å². The smallest absolute Gasteiger partial charge is 0.273 e. The molecule has 2 saturated carbocycles. The first-order chi connectivity index (χ1) is 17.2. The Kier molecular flexibility index (Phi) is 6.80. The van der Waals surface area contributed by atoms with Crippen molar-refractivity contribution in [1.29, 1.82) is 0 Å². The van der Waals surface area contributed by atoms with Gasteiger partial charge >= 0.3 is 0 Å². The number of halogens is 3. The summed E-state index contributed by atoms with van der Waals surface area (Å²) in [5.41, 5.74) is -0.774. The molecule has 3 fully saturated rings. The number of piperidine rings is 1. The van der Waals surface area contributed by atoms with E-state index < -0.39 is 40.9 Å². The molecule has 1 aliphatic heterocycles. The van der Waals surface area contributed by atoms with E-state index in [2.05, 4.69) is 20.7 Å². The third kappa shape index (κ3) is 4.87. The van der Waals surface area contributed by atoms with E-state index in [9.17, 15) is 22.8 Å². The second kappa shape index (κ2) is 9.88. The maximum atomic E-state index is 14.1. The lowest BCUT2D eigenvalue weighted by atomic mass is 9.79. The van der Waals surface area contributed by atoms with Crippen molar-refractivity contribution in [3.63, 3.8) is 0 Å². The van der Waals surface area contributed by atoms with Crippen LogP contribution in [-0.4, -0.2) is 52.6 Å². The normalized spacial score (nSPS) is 25.8. The van der Waals surface area contributed by atoms with Gasteiger partial charge in [-0.3, -0.25) is 14.5 Å². The molecule has 1 unspecified atom stereocenters. The van der Waals surface area contributed by atoms with Gasteiger partial charge in [-0.15, -0.1) is 0 Å². The van der Waals surface area contributed by atoms with Crippen molar-refractivity contribution in [2.45, 2.75) is 76.5 Å². The second-order valence-electron chi connectivity index (χ2n) is 10.4. The number of nitrogens with zero attached hydrogens (tertiary/aromatic N) is 2. The van der Waals surface area contributed by atoms with Crippen LogP contribution in [0.5, 0.6) is 0 Å². The lowest BCUT2D eigenvalue weighted by Gasteiger charge is -2.44. The number of nitrogens with one attached hydrogen (secondary N) is 2. The van der Waals surface area contributed by atoms with Crippen LogP contribution in [0.4, 0.5) is 13.2 Å². The molecule has 2 amide bonds. The number of carbonyl (C=O) groups excluding carboxylic acids is 2. The zero-order valence-corrected chi connectivity index (χ0v) is 20.4. The molecule has 1 aromatic carbocycles. The summed E-state index contributed by atoms with van der Waals surface area (Å²) < 4.78 is 46.6. The maximum Gasteiger partial charge on any atom is 0.273 e. The molecule has 0 bridgehead atoms. The minimum atomic E-state index is -1.16. The summed E-state index contributed by atoms with van der Waals surface area (Å²) in [5.74, 6) is -4.35. The van der Waals surface area contributed by atoms with Crippen molar-refractivity contribution in [3.05, 3.63) is 41.3 Å². The van der Waals surface area contributed by atoms with Crippen LogP contribution < -0.4 is 10.6 Å². The highest BCUT2D eigenvalue weighted by Crippen LogP contribution is 2.36. The minimum absolute atomic E-state index is 0.0552. The van der Waals surface area contributed by atoms with E-state index in [1.165, 1.54) is 6.42 Å². The Morgan fingerprint density at radius 2 is 1.78 bits per heavy atom. The fraction of sp³-hybridized carbons (Fsp3) is 0.577. The third-order valence-electron chi connectivity index (χ3n) is 8.03. The van der Waals surface area contributed by atoms with Crippen molar-refractivity contribution in [1.82, 2.24) is 20.7 Å². The Bertz CT molecular complexity index is 1120. The predicted octanol–water partition coefficient (Wildman–Crippen LogP) is 4.03. The number of aromatic nitrogens is 1. The van der Waals surface area contributed by atoms with Crippen LogP contribution in [0, 0.1) is 29.3 Å². The quantitative estimate of drug-likeness (QED) is 0.595. The van der Waals surface area contributed by atoms with Gasteiger partial charge in [0.1, 0.15) is 17.5 Å². The molecule has 7 nitrogen and oxygen atoms in total. The van der Waals surface area contributed by atoms with Crippen LogP contribution in [0.1, 0.15) is 62.9 Å². The van der Waals surface area contributed by atoms with Crippen LogP contribution in [0.3, 0.4) is 0 Å². The number of carbonyl (C=O) groups is 2. The number of hydrogen-bond acceptors (Lipinski definition) is 5. The van der Waals surface area contributed by atoms with Gasteiger partial charge in [0.15, 0.2) is 11.5 Å². The lowest BCUT2D eigenvalue weighted by molar-refractivity contribution is -0.131.